The fraction of sp³-hybridized carbons (Fsp3) is 0.200. The molecule has 29 heavy (non-hydrogen) atoms. The Balaban J connectivity index is 1.55. The summed E-state index contributed by atoms with van der Waals surface area (Å²) < 4.78 is 15.5. The van der Waals surface area contributed by atoms with Crippen LogP contribution < -0.4 is 20.1 Å². The molecule has 0 bridgehead atoms. The minimum Gasteiger partial charge on any atom is -0.497 e. The van der Waals surface area contributed by atoms with E-state index in [1.807, 2.05) is 24.3 Å². The number of carbonyl (C=O) groups is 1. The third-order valence-corrected chi connectivity index (χ3v) is 3.87. The van der Waals surface area contributed by atoms with Gasteiger partial charge >= 0.3 is 5.97 Å². The molecular formula is C20H21N5O4. The van der Waals surface area contributed by atoms with E-state index in [1.165, 1.54) is 13.3 Å². The first-order chi connectivity index (χ1) is 14.2. The molecule has 0 saturated carbocycles. The van der Waals surface area contributed by atoms with E-state index in [0.29, 0.717) is 36.2 Å². The van der Waals surface area contributed by atoms with Gasteiger partial charge in [-0.15, -0.1) is 5.10 Å². The van der Waals surface area contributed by atoms with Gasteiger partial charge in [-0.1, -0.05) is 12.1 Å². The zero-order valence-electron chi connectivity index (χ0n) is 16.1. The van der Waals surface area contributed by atoms with Crippen molar-refractivity contribution in [3.8, 4) is 11.5 Å². The molecule has 0 spiro atoms. The highest BCUT2D eigenvalue weighted by atomic mass is 16.5. The first kappa shape index (κ1) is 19.9. The van der Waals surface area contributed by atoms with Crippen LogP contribution in [0.3, 0.4) is 0 Å². The number of hydrogen-bond acceptors (Lipinski definition) is 9. The molecule has 3 rings (SSSR count). The Hall–Kier alpha value is -3.88. The van der Waals surface area contributed by atoms with E-state index in [0.717, 1.165) is 11.5 Å². The number of para-hydroxylation sites is 1. The van der Waals surface area contributed by atoms with E-state index in [4.69, 9.17) is 14.2 Å². The van der Waals surface area contributed by atoms with Gasteiger partial charge in [0.15, 0.2) is 5.82 Å². The Kier molecular flexibility index (Phi) is 6.77. The topological polar surface area (TPSA) is 107 Å². The minimum absolute atomic E-state index is 0.337. The number of nitrogens with one attached hydrogen (secondary N) is 2. The Bertz CT molecular complexity index is 950. The first-order valence-electron chi connectivity index (χ1n) is 8.84. The van der Waals surface area contributed by atoms with Crippen LogP contribution in [-0.2, 0) is 4.74 Å². The van der Waals surface area contributed by atoms with Gasteiger partial charge in [0.1, 0.15) is 18.1 Å². The fourth-order valence-electron chi connectivity index (χ4n) is 2.46. The van der Waals surface area contributed by atoms with Crippen LogP contribution in [0.4, 0.5) is 17.5 Å². The second-order valence-electron chi connectivity index (χ2n) is 5.78. The number of aromatic nitrogens is 3. The maximum absolute atomic E-state index is 11.9. The molecule has 1 aromatic heterocycles. The van der Waals surface area contributed by atoms with Gasteiger partial charge in [-0.3, -0.25) is 0 Å². The van der Waals surface area contributed by atoms with Crippen LogP contribution in [0.5, 0.6) is 11.5 Å². The molecule has 0 aliphatic rings. The van der Waals surface area contributed by atoms with Crippen molar-refractivity contribution in [1.82, 2.24) is 15.2 Å². The largest absolute Gasteiger partial charge is 0.497 e. The zero-order valence-corrected chi connectivity index (χ0v) is 16.1. The average Bonchev–Trinajstić information content (AvgIpc) is 2.77. The molecule has 2 N–H and O–H groups in total. The predicted octanol–water partition coefficient (Wildman–Crippen LogP) is 2.90. The summed E-state index contributed by atoms with van der Waals surface area (Å²) in [7, 11) is 2.95. The predicted molar refractivity (Wildman–Crippen MR) is 108 cm³/mol. The second kappa shape index (κ2) is 9.88. The van der Waals surface area contributed by atoms with Crippen LogP contribution in [-0.4, -0.2) is 48.5 Å². The monoisotopic (exact) mass is 395 g/mol. The van der Waals surface area contributed by atoms with E-state index in [1.54, 1.807) is 31.4 Å². The van der Waals surface area contributed by atoms with Crippen molar-refractivity contribution in [2.75, 3.05) is 38.0 Å². The van der Waals surface area contributed by atoms with Crippen molar-refractivity contribution in [3.05, 3.63) is 60.3 Å². The second-order valence-corrected chi connectivity index (χ2v) is 5.78. The molecule has 0 aliphatic heterocycles. The Labute approximate surface area is 168 Å². The molecule has 1 heterocycles. The van der Waals surface area contributed by atoms with Gasteiger partial charge in [-0.25, -0.2) is 4.79 Å². The van der Waals surface area contributed by atoms with Crippen LogP contribution >= 0.6 is 0 Å². The molecule has 150 valence electrons. The summed E-state index contributed by atoms with van der Waals surface area (Å²) in [6, 6.07) is 14.3. The number of carbonyl (C=O) groups excluding carboxylic acids is 1. The number of hydrogen-bond donors (Lipinski definition) is 2. The summed E-state index contributed by atoms with van der Waals surface area (Å²) in [6.07, 6.45) is 1.47. The maximum atomic E-state index is 11.9. The van der Waals surface area contributed by atoms with Crippen molar-refractivity contribution in [2.45, 2.75) is 0 Å². The Morgan fingerprint density at radius 2 is 1.79 bits per heavy atom. The van der Waals surface area contributed by atoms with Gasteiger partial charge in [-0.2, -0.15) is 10.1 Å². The van der Waals surface area contributed by atoms with E-state index in [2.05, 4.69) is 25.8 Å². The molecule has 2 aromatic carbocycles. The van der Waals surface area contributed by atoms with Gasteiger partial charge in [0.05, 0.1) is 38.2 Å². The Morgan fingerprint density at radius 1 is 1.03 bits per heavy atom. The minimum atomic E-state index is -0.441. The van der Waals surface area contributed by atoms with Crippen molar-refractivity contribution in [3.63, 3.8) is 0 Å². The number of ether oxygens (including phenoxy) is 3. The summed E-state index contributed by atoms with van der Waals surface area (Å²) in [4.78, 5) is 16.2. The smallest absolute Gasteiger partial charge is 0.339 e. The van der Waals surface area contributed by atoms with Crippen molar-refractivity contribution < 1.29 is 19.0 Å². The van der Waals surface area contributed by atoms with E-state index >= 15 is 0 Å². The lowest BCUT2D eigenvalue weighted by Gasteiger charge is -2.11. The normalized spacial score (nSPS) is 10.1. The van der Waals surface area contributed by atoms with Gasteiger partial charge in [0.2, 0.25) is 5.95 Å². The molecule has 0 saturated heterocycles. The van der Waals surface area contributed by atoms with Crippen LogP contribution in [0.15, 0.2) is 54.7 Å². The van der Waals surface area contributed by atoms with E-state index in [-0.39, 0.29) is 0 Å². The summed E-state index contributed by atoms with van der Waals surface area (Å²) in [5.41, 5.74) is 0.963. The lowest BCUT2D eigenvalue weighted by Crippen LogP contribution is -2.14. The highest BCUT2D eigenvalue weighted by Crippen LogP contribution is 2.20. The fourth-order valence-corrected chi connectivity index (χ4v) is 2.46. The number of anilines is 3. The average molecular weight is 395 g/mol. The van der Waals surface area contributed by atoms with Gasteiger partial charge in [0, 0.05) is 0 Å². The quantitative estimate of drug-likeness (QED) is 0.418. The molecule has 0 amide bonds. The number of esters is 1. The van der Waals surface area contributed by atoms with Crippen LogP contribution in [0.25, 0.3) is 0 Å². The number of benzene rings is 2. The van der Waals surface area contributed by atoms with E-state index in [9.17, 15) is 4.79 Å². The molecule has 0 aliphatic carbocycles. The van der Waals surface area contributed by atoms with Gasteiger partial charge < -0.3 is 24.8 Å². The molecular weight excluding hydrogens is 374 g/mol. The molecule has 9 nitrogen and oxygen atoms in total. The highest BCUT2D eigenvalue weighted by molar-refractivity contribution is 5.96. The first-order valence-corrected chi connectivity index (χ1v) is 8.84. The molecule has 0 atom stereocenters. The van der Waals surface area contributed by atoms with Crippen LogP contribution in [0.1, 0.15) is 10.4 Å². The van der Waals surface area contributed by atoms with Crippen molar-refractivity contribution in [1.29, 1.82) is 0 Å². The summed E-state index contributed by atoms with van der Waals surface area (Å²) in [5.74, 6) is 1.84. The molecule has 0 fully saturated rings. The number of nitrogens with zero attached hydrogens (tertiary/aromatic N) is 3. The standard InChI is InChI=1S/C20H21N5O4/c1-27-14-7-9-15(10-8-14)29-12-11-21-20-24-18(13-22-25-20)23-17-6-4-3-5-16(17)19(26)28-2/h3-10,13H,11-12H2,1-2H3,(H2,21,23,24,25). The third kappa shape index (κ3) is 5.55. The van der Waals surface area contributed by atoms with Crippen molar-refractivity contribution in [2.24, 2.45) is 0 Å². The van der Waals surface area contributed by atoms with Crippen LogP contribution in [0, 0.1) is 0 Å². The maximum Gasteiger partial charge on any atom is 0.339 e. The van der Waals surface area contributed by atoms with Gasteiger partial charge in [-0.05, 0) is 36.4 Å². The summed E-state index contributed by atoms with van der Waals surface area (Å²) in [5, 5.41) is 14.0. The molecule has 3 aromatic rings. The van der Waals surface area contributed by atoms with Gasteiger partial charge in [0.25, 0.3) is 0 Å². The van der Waals surface area contributed by atoms with Crippen molar-refractivity contribution >= 4 is 23.4 Å². The number of methoxy groups -OCH3 is 2. The lowest BCUT2D eigenvalue weighted by atomic mass is 10.2. The summed E-state index contributed by atoms with van der Waals surface area (Å²) >= 11 is 0. The molecule has 0 unspecified atom stereocenters. The third-order valence-electron chi connectivity index (χ3n) is 3.87. The molecule has 9 heteroatoms. The zero-order chi connectivity index (χ0) is 20.5. The molecule has 0 radical (unpaired) electrons. The SMILES string of the molecule is COC(=O)c1ccccc1Nc1cnnc(NCCOc2ccc(OC)cc2)n1. The van der Waals surface area contributed by atoms with Crippen LogP contribution in [0.2, 0.25) is 0 Å². The highest BCUT2D eigenvalue weighted by Gasteiger charge is 2.12. The lowest BCUT2D eigenvalue weighted by molar-refractivity contribution is 0.0602. The Morgan fingerprint density at radius 3 is 2.55 bits per heavy atom. The van der Waals surface area contributed by atoms with E-state index < -0.39 is 5.97 Å². The summed E-state index contributed by atoms with van der Waals surface area (Å²) in [6.45, 7) is 0.897. The number of rotatable bonds is 9.